The second-order valence-corrected chi connectivity index (χ2v) is 9.94. The van der Waals surface area contributed by atoms with Gasteiger partial charge in [-0.1, -0.05) is 65.8 Å². The number of hydrogen-bond acceptors (Lipinski definition) is 5. The second kappa shape index (κ2) is 8.26. The maximum absolute atomic E-state index is 13.5. The minimum atomic E-state index is -4.20. The van der Waals surface area contributed by atoms with E-state index in [9.17, 15) is 13.2 Å². The molecule has 0 aliphatic heterocycles. The van der Waals surface area contributed by atoms with Crippen LogP contribution in [0, 0.1) is 0 Å². The average molecular weight is 429 g/mol. The van der Waals surface area contributed by atoms with Gasteiger partial charge < -0.3 is 8.60 Å². The van der Waals surface area contributed by atoms with Gasteiger partial charge in [-0.25, -0.2) is 4.79 Å². The first-order valence-corrected chi connectivity index (χ1v) is 11.6. The number of rotatable bonds is 6. The molecule has 0 aliphatic carbocycles. The fourth-order valence-corrected chi connectivity index (χ4v) is 5.11. The Morgan fingerprint density at radius 2 is 1.40 bits per heavy atom. The van der Waals surface area contributed by atoms with Gasteiger partial charge in [0.1, 0.15) is 10.5 Å². The van der Waals surface area contributed by atoms with E-state index in [1.54, 1.807) is 24.3 Å². The van der Waals surface area contributed by atoms with E-state index in [2.05, 4.69) is 13.8 Å². The van der Waals surface area contributed by atoms with Gasteiger partial charge in [0.15, 0.2) is 5.75 Å². The van der Waals surface area contributed by atoms with Gasteiger partial charge in [0.2, 0.25) is 0 Å². The highest BCUT2D eigenvalue weighted by Crippen LogP contribution is 2.37. The third kappa shape index (κ3) is 4.29. The molecule has 0 atom stereocenters. The van der Waals surface area contributed by atoms with Crippen LogP contribution in [0.15, 0.2) is 56.6 Å². The molecule has 30 heavy (non-hydrogen) atoms. The minimum absolute atomic E-state index is 0.0211. The van der Waals surface area contributed by atoms with Crippen molar-refractivity contribution in [1.82, 2.24) is 0 Å². The molecule has 6 heteroatoms. The smallest absolute Gasteiger partial charge is 0.340 e. The number of hydrogen-bond donors (Lipinski definition) is 0. The standard InChI is InChI=1S/C24H28O5S/c1-14(2)17-11-19(15(3)4)24(20(12-17)16(5)6)30(26,27)29-22-13-23(25)28-21-10-8-7-9-18(21)22/h7-16H,1-6H3. The molecule has 3 rings (SSSR count). The summed E-state index contributed by atoms with van der Waals surface area (Å²) in [5.74, 6) is 0.193. The SMILES string of the molecule is CC(C)c1cc(C(C)C)c(S(=O)(=O)Oc2cc(=O)oc3ccccc23)c(C(C)C)c1. The zero-order chi connectivity index (χ0) is 22.2. The predicted molar refractivity (Wildman–Crippen MR) is 119 cm³/mol. The van der Waals surface area contributed by atoms with Crippen LogP contribution >= 0.6 is 0 Å². The predicted octanol–water partition coefficient (Wildman–Crippen LogP) is 5.93. The first-order valence-electron chi connectivity index (χ1n) is 10.2. The Kier molecular flexibility index (Phi) is 6.09. The second-order valence-electron chi connectivity index (χ2n) is 8.46. The van der Waals surface area contributed by atoms with E-state index in [1.165, 1.54) is 0 Å². The van der Waals surface area contributed by atoms with Gasteiger partial charge in [0.25, 0.3) is 0 Å². The third-order valence-corrected chi connectivity index (χ3v) is 6.51. The number of fused-ring (bicyclic) bond motifs is 1. The fourth-order valence-electron chi connectivity index (χ4n) is 3.49. The Hall–Kier alpha value is -2.60. The lowest BCUT2D eigenvalue weighted by Gasteiger charge is -2.22. The molecule has 1 heterocycles. The fraction of sp³-hybridized carbons (Fsp3) is 0.375. The van der Waals surface area contributed by atoms with Crippen LogP contribution in [0.25, 0.3) is 11.0 Å². The minimum Gasteiger partial charge on any atom is -0.422 e. The molecule has 0 saturated heterocycles. The highest BCUT2D eigenvalue weighted by Gasteiger charge is 2.29. The molecular formula is C24H28O5S. The molecule has 0 saturated carbocycles. The summed E-state index contributed by atoms with van der Waals surface area (Å²) in [6.45, 7) is 12.0. The zero-order valence-electron chi connectivity index (χ0n) is 18.2. The Balaban J connectivity index is 2.26. The Morgan fingerprint density at radius 1 is 0.833 bits per heavy atom. The first kappa shape index (κ1) is 22.1. The highest BCUT2D eigenvalue weighted by atomic mass is 32.2. The molecule has 0 N–H and O–H groups in total. The Morgan fingerprint density at radius 3 is 1.93 bits per heavy atom. The van der Waals surface area contributed by atoms with Gasteiger partial charge in [0, 0.05) is 0 Å². The molecule has 0 fully saturated rings. The summed E-state index contributed by atoms with van der Waals surface area (Å²) in [5.41, 5.74) is 2.14. The molecule has 0 amide bonds. The average Bonchev–Trinajstić information content (AvgIpc) is 2.66. The van der Waals surface area contributed by atoms with Gasteiger partial charge in [-0.2, -0.15) is 8.42 Å². The van der Waals surface area contributed by atoms with E-state index in [1.807, 2.05) is 39.8 Å². The maximum atomic E-state index is 13.5. The number of benzene rings is 2. The lowest BCUT2D eigenvalue weighted by Crippen LogP contribution is -2.18. The summed E-state index contributed by atoms with van der Waals surface area (Å²) >= 11 is 0. The van der Waals surface area contributed by atoms with Crippen LogP contribution in [0.1, 0.15) is 76.0 Å². The van der Waals surface area contributed by atoms with Gasteiger partial charge >= 0.3 is 15.7 Å². The molecule has 3 aromatic rings. The molecule has 1 aromatic heterocycles. The van der Waals surface area contributed by atoms with E-state index in [-0.39, 0.29) is 34.0 Å². The highest BCUT2D eigenvalue weighted by molar-refractivity contribution is 7.87. The van der Waals surface area contributed by atoms with Crippen molar-refractivity contribution >= 4 is 21.1 Å². The van der Waals surface area contributed by atoms with Crippen LogP contribution in [-0.4, -0.2) is 8.42 Å². The summed E-state index contributed by atoms with van der Waals surface area (Å²) in [5, 5.41) is 0.427. The van der Waals surface area contributed by atoms with Gasteiger partial charge in [0.05, 0.1) is 11.5 Å². The summed E-state index contributed by atoms with van der Waals surface area (Å²) in [6, 6.07) is 11.7. The molecule has 0 unspecified atom stereocenters. The summed E-state index contributed by atoms with van der Waals surface area (Å²) in [6.07, 6.45) is 0. The van der Waals surface area contributed by atoms with Crippen LogP contribution in [0.3, 0.4) is 0 Å². The van der Waals surface area contributed by atoms with Crippen molar-refractivity contribution in [1.29, 1.82) is 0 Å². The lowest BCUT2D eigenvalue weighted by molar-refractivity contribution is 0.478. The van der Waals surface area contributed by atoms with E-state index in [0.29, 0.717) is 5.39 Å². The normalized spacial score (nSPS) is 12.3. The Labute approximate surface area is 177 Å². The summed E-state index contributed by atoms with van der Waals surface area (Å²) in [7, 11) is -4.20. The van der Waals surface area contributed by atoms with Crippen molar-refractivity contribution in [2.75, 3.05) is 0 Å². The Bertz CT molecular complexity index is 1200. The topological polar surface area (TPSA) is 73.6 Å². The monoisotopic (exact) mass is 428 g/mol. The van der Waals surface area contributed by atoms with Crippen LogP contribution in [0.2, 0.25) is 0 Å². The van der Waals surface area contributed by atoms with Gasteiger partial charge in [-0.05, 0) is 46.6 Å². The number of para-hydroxylation sites is 1. The van der Waals surface area contributed by atoms with Crippen LogP contribution in [0.5, 0.6) is 5.75 Å². The molecule has 0 radical (unpaired) electrons. The molecular weight excluding hydrogens is 400 g/mol. The summed E-state index contributed by atoms with van der Waals surface area (Å²) < 4.78 is 37.8. The first-order chi connectivity index (χ1) is 14.0. The largest absolute Gasteiger partial charge is 0.422 e. The van der Waals surface area contributed by atoms with Gasteiger partial charge in [-0.15, -0.1) is 0 Å². The lowest BCUT2D eigenvalue weighted by atomic mass is 9.89. The molecule has 0 spiro atoms. The van der Waals surface area contributed by atoms with Crippen LogP contribution in [0.4, 0.5) is 0 Å². The van der Waals surface area contributed by atoms with Crippen molar-refractivity contribution in [3.63, 3.8) is 0 Å². The van der Waals surface area contributed by atoms with E-state index < -0.39 is 15.7 Å². The van der Waals surface area contributed by atoms with E-state index in [4.69, 9.17) is 8.60 Å². The van der Waals surface area contributed by atoms with Gasteiger partial charge in [-0.3, -0.25) is 0 Å². The molecule has 160 valence electrons. The summed E-state index contributed by atoms with van der Waals surface area (Å²) in [4.78, 5) is 12.1. The maximum Gasteiger partial charge on any atom is 0.340 e. The van der Waals surface area contributed by atoms with Crippen LogP contribution in [-0.2, 0) is 10.1 Å². The van der Waals surface area contributed by atoms with Crippen molar-refractivity contribution in [3.8, 4) is 5.75 Å². The van der Waals surface area contributed by atoms with Crippen molar-refractivity contribution in [2.24, 2.45) is 0 Å². The molecule has 2 aromatic carbocycles. The van der Waals surface area contributed by atoms with Crippen molar-refractivity contribution < 1.29 is 17.0 Å². The van der Waals surface area contributed by atoms with E-state index >= 15 is 0 Å². The van der Waals surface area contributed by atoms with E-state index in [0.717, 1.165) is 22.8 Å². The molecule has 0 bridgehead atoms. The van der Waals surface area contributed by atoms with Crippen LogP contribution < -0.4 is 9.81 Å². The molecule has 5 nitrogen and oxygen atoms in total. The quantitative estimate of drug-likeness (QED) is 0.359. The molecule has 0 aliphatic rings. The zero-order valence-corrected chi connectivity index (χ0v) is 19.0. The third-order valence-electron chi connectivity index (χ3n) is 5.14. The van der Waals surface area contributed by atoms with Crippen molar-refractivity contribution in [2.45, 2.75) is 64.2 Å². The van der Waals surface area contributed by atoms with Crippen molar-refractivity contribution in [3.05, 3.63) is 69.6 Å².